The van der Waals surface area contributed by atoms with E-state index in [1.807, 2.05) is 31.2 Å². The molecule has 1 aliphatic rings. The maximum Gasteiger partial charge on any atom is 0.224 e. The fourth-order valence-corrected chi connectivity index (χ4v) is 4.17. The number of hydrogen-bond acceptors (Lipinski definition) is 4. The Balaban J connectivity index is 1.63. The second kappa shape index (κ2) is 8.69. The molecule has 1 N–H and O–H groups in total. The van der Waals surface area contributed by atoms with Crippen molar-refractivity contribution >= 4 is 46.0 Å². The first-order valence-electron chi connectivity index (χ1n) is 8.97. The molecule has 0 unspecified atom stereocenters. The molecule has 1 aromatic heterocycles. The van der Waals surface area contributed by atoms with E-state index in [-0.39, 0.29) is 24.5 Å². The molecule has 0 bridgehead atoms. The van der Waals surface area contributed by atoms with Gasteiger partial charge in [0.25, 0.3) is 0 Å². The first kappa shape index (κ1) is 18.9. The van der Waals surface area contributed by atoms with Crippen molar-refractivity contribution in [2.24, 2.45) is 0 Å². The number of ketones is 1. The van der Waals surface area contributed by atoms with Gasteiger partial charge in [-0.3, -0.25) is 9.59 Å². The van der Waals surface area contributed by atoms with Gasteiger partial charge in [0.15, 0.2) is 5.78 Å². The third-order valence-electron chi connectivity index (χ3n) is 4.52. The van der Waals surface area contributed by atoms with Crippen LogP contribution in [-0.2, 0) is 4.79 Å². The van der Waals surface area contributed by atoms with E-state index in [1.165, 1.54) is 17.8 Å². The van der Waals surface area contributed by atoms with Crippen LogP contribution in [0.1, 0.15) is 46.7 Å². The van der Waals surface area contributed by atoms with E-state index >= 15 is 0 Å². The molecular formula is C20H23ClN2O2S. The Kier molecular flexibility index (Phi) is 6.33. The Bertz CT molecular complexity index is 797. The van der Waals surface area contributed by atoms with Crippen molar-refractivity contribution in [3.05, 3.63) is 45.1 Å². The molecule has 2 aromatic rings. The van der Waals surface area contributed by atoms with Crippen molar-refractivity contribution in [2.75, 3.05) is 23.3 Å². The van der Waals surface area contributed by atoms with Gasteiger partial charge >= 0.3 is 0 Å². The zero-order valence-corrected chi connectivity index (χ0v) is 16.5. The molecule has 1 saturated heterocycles. The minimum Gasteiger partial charge on any atom is -0.370 e. The Morgan fingerprint density at radius 1 is 1.12 bits per heavy atom. The number of hydrogen-bond donors (Lipinski definition) is 1. The van der Waals surface area contributed by atoms with Crippen LogP contribution in [0.5, 0.6) is 0 Å². The third-order valence-corrected chi connectivity index (χ3v) is 5.80. The summed E-state index contributed by atoms with van der Waals surface area (Å²) in [6.45, 7) is 3.94. The van der Waals surface area contributed by atoms with E-state index < -0.39 is 0 Å². The molecule has 1 amide bonds. The van der Waals surface area contributed by atoms with Crippen LogP contribution in [0.2, 0.25) is 5.02 Å². The van der Waals surface area contributed by atoms with E-state index in [0.717, 1.165) is 42.2 Å². The number of nitrogens with one attached hydrogen (secondary N) is 1. The lowest BCUT2D eigenvalue weighted by Gasteiger charge is -2.30. The zero-order chi connectivity index (χ0) is 18.5. The van der Waals surface area contributed by atoms with Crippen LogP contribution in [0.3, 0.4) is 0 Å². The largest absolute Gasteiger partial charge is 0.370 e. The van der Waals surface area contributed by atoms with Crippen LogP contribution >= 0.6 is 22.9 Å². The molecule has 1 fully saturated rings. The van der Waals surface area contributed by atoms with Crippen LogP contribution < -0.4 is 10.2 Å². The molecule has 0 radical (unpaired) electrons. The van der Waals surface area contributed by atoms with Gasteiger partial charge in [0.1, 0.15) is 0 Å². The number of anilines is 2. The standard InChI is InChI=1S/C20H23ClN2O2S/c1-14-5-9-19(26-14)18(24)8-10-20(25)22-16-13-15(21)6-7-17(16)23-11-3-2-4-12-23/h5-7,9,13H,2-4,8,10-12H2,1H3,(H,22,25). The van der Waals surface area contributed by atoms with E-state index in [1.54, 1.807) is 6.07 Å². The normalized spacial score (nSPS) is 14.3. The number of Topliss-reactive ketones (excluding diaryl/α,β-unsaturated/α-hetero) is 1. The van der Waals surface area contributed by atoms with Crippen LogP contribution in [0.15, 0.2) is 30.3 Å². The number of amides is 1. The van der Waals surface area contributed by atoms with Crippen molar-refractivity contribution in [3.63, 3.8) is 0 Å². The minimum atomic E-state index is -0.160. The highest BCUT2D eigenvalue weighted by Gasteiger charge is 2.17. The second-order valence-electron chi connectivity index (χ2n) is 6.59. The number of aryl methyl sites for hydroxylation is 1. The maximum atomic E-state index is 12.4. The first-order valence-corrected chi connectivity index (χ1v) is 10.2. The predicted molar refractivity (Wildman–Crippen MR) is 109 cm³/mol. The number of thiophene rings is 1. The quantitative estimate of drug-likeness (QED) is 0.680. The molecule has 0 saturated carbocycles. The summed E-state index contributed by atoms with van der Waals surface area (Å²) < 4.78 is 0. The molecule has 0 spiro atoms. The topological polar surface area (TPSA) is 49.4 Å². The summed E-state index contributed by atoms with van der Waals surface area (Å²) in [5, 5.41) is 3.54. The van der Waals surface area contributed by atoms with Crippen LogP contribution in [0.4, 0.5) is 11.4 Å². The number of benzene rings is 1. The van der Waals surface area contributed by atoms with E-state index in [0.29, 0.717) is 9.90 Å². The van der Waals surface area contributed by atoms with Gasteiger partial charge in [0, 0.05) is 35.8 Å². The molecule has 6 heteroatoms. The van der Waals surface area contributed by atoms with E-state index in [4.69, 9.17) is 11.6 Å². The molecule has 0 aliphatic carbocycles. The lowest BCUT2D eigenvalue weighted by atomic mass is 10.1. The predicted octanol–water partition coefficient (Wildman–Crippen LogP) is 5.30. The second-order valence-corrected chi connectivity index (χ2v) is 8.32. The summed E-state index contributed by atoms with van der Waals surface area (Å²) in [6.07, 6.45) is 3.94. The minimum absolute atomic E-state index is 0.0144. The Morgan fingerprint density at radius 2 is 1.88 bits per heavy atom. The molecule has 1 aromatic carbocycles. The van der Waals surface area contributed by atoms with Crippen LogP contribution in [0.25, 0.3) is 0 Å². The SMILES string of the molecule is Cc1ccc(C(=O)CCC(=O)Nc2cc(Cl)ccc2N2CCCCC2)s1. The van der Waals surface area contributed by atoms with Gasteiger partial charge < -0.3 is 10.2 Å². The summed E-state index contributed by atoms with van der Waals surface area (Å²) in [5.41, 5.74) is 1.73. The number of piperidine rings is 1. The highest BCUT2D eigenvalue weighted by atomic mass is 35.5. The summed E-state index contributed by atoms with van der Waals surface area (Å²) in [7, 11) is 0. The van der Waals surface area contributed by atoms with Gasteiger partial charge in [-0.05, 0) is 56.5 Å². The average Bonchev–Trinajstić information content (AvgIpc) is 3.07. The number of rotatable bonds is 6. The van der Waals surface area contributed by atoms with Crippen molar-refractivity contribution in [1.29, 1.82) is 0 Å². The number of carbonyl (C=O) groups is 2. The highest BCUT2D eigenvalue weighted by Crippen LogP contribution is 2.31. The molecule has 1 aliphatic heterocycles. The van der Waals surface area contributed by atoms with Gasteiger partial charge in [-0.25, -0.2) is 0 Å². The zero-order valence-electron chi connectivity index (χ0n) is 14.9. The Morgan fingerprint density at radius 3 is 2.58 bits per heavy atom. The molecule has 4 nitrogen and oxygen atoms in total. The summed E-state index contributed by atoms with van der Waals surface area (Å²) in [6, 6.07) is 9.35. The van der Waals surface area contributed by atoms with E-state index in [9.17, 15) is 9.59 Å². The van der Waals surface area contributed by atoms with Crippen molar-refractivity contribution in [3.8, 4) is 0 Å². The van der Waals surface area contributed by atoms with Gasteiger partial charge in [0.2, 0.25) is 5.91 Å². The molecule has 138 valence electrons. The van der Waals surface area contributed by atoms with Crippen molar-refractivity contribution < 1.29 is 9.59 Å². The Hall–Kier alpha value is -1.85. The molecule has 2 heterocycles. The first-order chi connectivity index (χ1) is 12.5. The van der Waals surface area contributed by atoms with Crippen molar-refractivity contribution in [2.45, 2.75) is 39.0 Å². The fourth-order valence-electron chi connectivity index (χ4n) is 3.17. The number of nitrogens with zero attached hydrogens (tertiary/aromatic N) is 1. The monoisotopic (exact) mass is 390 g/mol. The molecule has 26 heavy (non-hydrogen) atoms. The maximum absolute atomic E-state index is 12.4. The van der Waals surface area contributed by atoms with Gasteiger partial charge in [-0.1, -0.05) is 11.6 Å². The summed E-state index contributed by atoms with van der Waals surface area (Å²) in [4.78, 5) is 28.7. The van der Waals surface area contributed by atoms with E-state index in [2.05, 4.69) is 10.2 Å². The fraction of sp³-hybridized carbons (Fsp3) is 0.400. The molecule has 3 rings (SSSR count). The van der Waals surface area contributed by atoms with Crippen molar-refractivity contribution in [1.82, 2.24) is 0 Å². The highest BCUT2D eigenvalue weighted by molar-refractivity contribution is 7.14. The summed E-state index contributed by atoms with van der Waals surface area (Å²) >= 11 is 7.60. The number of carbonyl (C=O) groups excluding carboxylic acids is 2. The number of halogens is 1. The average molecular weight is 391 g/mol. The van der Waals surface area contributed by atoms with Crippen LogP contribution in [0, 0.1) is 6.92 Å². The third kappa shape index (κ3) is 4.86. The lowest BCUT2D eigenvalue weighted by Crippen LogP contribution is -2.30. The summed E-state index contributed by atoms with van der Waals surface area (Å²) in [5.74, 6) is -0.146. The molecule has 0 atom stereocenters. The molecular weight excluding hydrogens is 368 g/mol. The van der Waals surface area contributed by atoms with Gasteiger partial charge in [-0.2, -0.15) is 0 Å². The Labute approximate surface area is 163 Å². The lowest BCUT2D eigenvalue weighted by molar-refractivity contribution is -0.116. The van der Waals surface area contributed by atoms with Crippen LogP contribution in [-0.4, -0.2) is 24.8 Å². The van der Waals surface area contributed by atoms with Gasteiger partial charge in [-0.15, -0.1) is 11.3 Å². The smallest absolute Gasteiger partial charge is 0.224 e. The van der Waals surface area contributed by atoms with Gasteiger partial charge in [0.05, 0.1) is 16.3 Å².